The Kier molecular flexibility index (Phi) is 5.39. The van der Waals surface area contributed by atoms with Gasteiger partial charge in [0, 0.05) is 25.5 Å². The number of nitrogens with zero attached hydrogens (tertiary/aromatic N) is 2. The molecule has 0 unspecified atom stereocenters. The summed E-state index contributed by atoms with van der Waals surface area (Å²) in [6, 6.07) is 15.3. The van der Waals surface area contributed by atoms with E-state index in [1.807, 2.05) is 81.4 Å². The van der Waals surface area contributed by atoms with Crippen LogP contribution in [0, 0.1) is 25.2 Å². The smallest absolute Gasteiger partial charge is 0.266 e. The van der Waals surface area contributed by atoms with Crippen LogP contribution in [0.2, 0.25) is 0 Å². The fourth-order valence-corrected chi connectivity index (χ4v) is 2.20. The Labute approximate surface area is 143 Å². The van der Waals surface area contributed by atoms with Gasteiger partial charge >= 0.3 is 0 Å². The maximum atomic E-state index is 12.3. The predicted octanol–water partition coefficient (Wildman–Crippen LogP) is 3.92. The highest BCUT2D eigenvalue weighted by molar-refractivity contribution is 6.09. The van der Waals surface area contributed by atoms with Gasteiger partial charge in [0.2, 0.25) is 0 Å². The standard InChI is InChI=1S/C20H21N3O/c1-14-5-8-18(11-15(14)2)22-20(24)17(13-21)12-16-6-9-19(10-7-16)23(3)4/h5-12H,1-4H3,(H,22,24)/b17-12-. The summed E-state index contributed by atoms with van der Waals surface area (Å²) < 4.78 is 0. The van der Waals surface area contributed by atoms with Crippen molar-refractivity contribution < 1.29 is 4.79 Å². The van der Waals surface area contributed by atoms with Gasteiger partial charge < -0.3 is 10.2 Å². The number of nitriles is 1. The van der Waals surface area contributed by atoms with Crippen LogP contribution >= 0.6 is 0 Å². The SMILES string of the molecule is Cc1ccc(NC(=O)/C(C#N)=C\c2ccc(N(C)C)cc2)cc1C. The number of benzene rings is 2. The zero-order valence-corrected chi connectivity index (χ0v) is 14.4. The van der Waals surface area contributed by atoms with Crippen LogP contribution in [0.5, 0.6) is 0 Å². The molecule has 0 aliphatic heterocycles. The lowest BCUT2D eigenvalue weighted by atomic mass is 10.1. The Morgan fingerprint density at radius 1 is 1.08 bits per heavy atom. The first kappa shape index (κ1) is 17.3. The summed E-state index contributed by atoms with van der Waals surface area (Å²) in [7, 11) is 3.92. The Morgan fingerprint density at radius 3 is 2.29 bits per heavy atom. The molecule has 24 heavy (non-hydrogen) atoms. The minimum absolute atomic E-state index is 0.0748. The molecule has 122 valence electrons. The number of rotatable bonds is 4. The van der Waals surface area contributed by atoms with Gasteiger partial charge in [0.25, 0.3) is 5.91 Å². The Hall–Kier alpha value is -3.06. The van der Waals surface area contributed by atoms with Crippen LogP contribution in [0.15, 0.2) is 48.0 Å². The molecule has 1 amide bonds. The quantitative estimate of drug-likeness (QED) is 0.686. The lowest BCUT2D eigenvalue weighted by molar-refractivity contribution is -0.112. The van der Waals surface area contributed by atoms with Crippen molar-refractivity contribution in [3.63, 3.8) is 0 Å². The molecule has 2 rings (SSSR count). The van der Waals surface area contributed by atoms with Crippen LogP contribution < -0.4 is 10.2 Å². The highest BCUT2D eigenvalue weighted by Gasteiger charge is 2.10. The van der Waals surface area contributed by atoms with Crippen LogP contribution in [0.25, 0.3) is 6.08 Å². The maximum Gasteiger partial charge on any atom is 0.266 e. The molecule has 0 saturated carbocycles. The molecule has 0 atom stereocenters. The van der Waals surface area contributed by atoms with Crippen molar-refractivity contribution in [3.05, 3.63) is 64.7 Å². The van der Waals surface area contributed by atoms with Gasteiger partial charge in [-0.05, 0) is 60.9 Å². The van der Waals surface area contributed by atoms with E-state index in [0.29, 0.717) is 5.69 Å². The van der Waals surface area contributed by atoms with Gasteiger partial charge in [-0.15, -0.1) is 0 Å². The van der Waals surface area contributed by atoms with Gasteiger partial charge in [-0.3, -0.25) is 4.79 Å². The number of amides is 1. The maximum absolute atomic E-state index is 12.3. The largest absolute Gasteiger partial charge is 0.378 e. The van der Waals surface area contributed by atoms with E-state index < -0.39 is 5.91 Å². The lowest BCUT2D eigenvalue weighted by Crippen LogP contribution is -2.13. The van der Waals surface area contributed by atoms with E-state index in [4.69, 9.17) is 0 Å². The van der Waals surface area contributed by atoms with Crippen molar-refractivity contribution in [2.45, 2.75) is 13.8 Å². The third-order valence-electron chi connectivity index (χ3n) is 3.85. The second-order valence-corrected chi connectivity index (χ2v) is 5.91. The second-order valence-electron chi connectivity index (χ2n) is 5.91. The molecule has 0 aliphatic rings. The summed E-state index contributed by atoms with van der Waals surface area (Å²) in [5.74, 6) is -0.405. The fourth-order valence-electron chi connectivity index (χ4n) is 2.20. The van der Waals surface area contributed by atoms with E-state index in [2.05, 4.69) is 5.32 Å². The number of anilines is 2. The Balaban J connectivity index is 2.18. The van der Waals surface area contributed by atoms with E-state index in [0.717, 1.165) is 22.4 Å². The molecule has 0 heterocycles. The summed E-state index contributed by atoms with van der Waals surface area (Å²) >= 11 is 0. The van der Waals surface area contributed by atoms with E-state index in [1.165, 1.54) is 0 Å². The first-order valence-electron chi connectivity index (χ1n) is 7.68. The minimum atomic E-state index is -0.405. The topological polar surface area (TPSA) is 56.1 Å². The number of hydrogen-bond acceptors (Lipinski definition) is 3. The molecule has 2 aromatic rings. The van der Waals surface area contributed by atoms with Crippen LogP contribution in [0.1, 0.15) is 16.7 Å². The van der Waals surface area contributed by atoms with E-state index >= 15 is 0 Å². The van der Waals surface area contributed by atoms with Crippen molar-refractivity contribution in [2.75, 3.05) is 24.3 Å². The van der Waals surface area contributed by atoms with E-state index in [9.17, 15) is 10.1 Å². The summed E-state index contributed by atoms with van der Waals surface area (Å²) in [6.45, 7) is 4.00. The molecule has 0 spiro atoms. The average Bonchev–Trinajstić information content (AvgIpc) is 2.56. The van der Waals surface area contributed by atoms with Gasteiger partial charge in [0.05, 0.1) is 0 Å². The van der Waals surface area contributed by atoms with Crippen LogP contribution in [-0.2, 0) is 4.79 Å². The first-order chi connectivity index (χ1) is 11.4. The molecule has 0 aliphatic carbocycles. The molecule has 2 aromatic carbocycles. The van der Waals surface area contributed by atoms with Crippen LogP contribution in [-0.4, -0.2) is 20.0 Å². The first-order valence-corrected chi connectivity index (χ1v) is 7.68. The van der Waals surface area contributed by atoms with Crippen molar-refractivity contribution in [1.29, 1.82) is 5.26 Å². The molecular weight excluding hydrogens is 298 g/mol. The van der Waals surface area contributed by atoms with Crippen molar-refractivity contribution in [1.82, 2.24) is 0 Å². The zero-order chi connectivity index (χ0) is 17.7. The van der Waals surface area contributed by atoms with E-state index in [-0.39, 0.29) is 5.57 Å². The molecule has 1 N–H and O–H groups in total. The molecule has 0 fully saturated rings. The number of hydrogen-bond donors (Lipinski definition) is 1. The minimum Gasteiger partial charge on any atom is -0.378 e. The molecule has 4 heteroatoms. The molecular formula is C20H21N3O. The van der Waals surface area contributed by atoms with Gasteiger partial charge in [-0.2, -0.15) is 5.26 Å². The number of carbonyl (C=O) groups excluding carboxylic acids is 1. The number of carbonyl (C=O) groups is 1. The highest BCUT2D eigenvalue weighted by atomic mass is 16.1. The molecule has 0 radical (unpaired) electrons. The highest BCUT2D eigenvalue weighted by Crippen LogP contribution is 2.17. The normalized spacial score (nSPS) is 10.9. The zero-order valence-electron chi connectivity index (χ0n) is 14.4. The Bertz CT molecular complexity index is 812. The van der Waals surface area contributed by atoms with Gasteiger partial charge in [0.15, 0.2) is 0 Å². The third-order valence-corrected chi connectivity index (χ3v) is 3.85. The Morgan fingerprint density at radius 2 is 1.75 bits per heavy atom. The van der Waals surface area contributed by atoms with Gasteiger partial charge in [0.1, 0.15) is 11.6 Å². The summed E-state index contributed by atoms with van der Waals surface area (Å²) in [5, 5.41) is 12.1. The third kappa shape index (κ3) is 4.23. The molecule has 0 aromatic heterocycles. The van der Waals surface area contributed by atoms with Crippen molar-refractivity contribution in [3.8, 4) is 6.07 Å². The average molecular weight is 319 g/mol. The van der Waals surface area contributed by atoms with Crippen molar-refractivity contribution in [2.24, 2.45) is 0 Å². The molecule has 0 saturated heterocycles. The molecule has 4 nitrogen and oxygen atoms in total. The number of aryl methyl sites for hydroxylation is 2. The van der Waals surface area contributed by atoms with Gasteiger partial charge in [-0.1, -0.05) is 18.2 Å². The lowest BCUT2D eigenvalue weighted by Gasteiger charge is -2.12. The summed E-state index contributed by atoms with van der Waals surface area (Å²) in [4.78, 5) is 14.3. The fraction of sp³-hybridized carbons (Fsp3) is 0.200. The van der Waals surface area contributed by atoms with E-state index in [1.54, 1.807) is 6.08 Å². The van der Waals surface area contributed by atoms with Crippen LogP contribution in [0.4, 0.5) is 11.4 Å². The summed E-state index contributed by atoms with van der Waals surface area (Å²) in [6.07, 6.45) is 1.59. The second kappa shape index (κ2) is 7.47. The monoisotopic (exact) mass is 319 g/mol. The predicted molar refractivity (Wildman–Crippen MR) is 98.9 cm³/mol. The number of nitrogens with one attached hydrogen (secondary N) is 1. The van der Waals surface area contributed by atoms with Crippen molar-refractivity contribution >= 4 is 23.4 Å². The van der Waals surface area contributed by atoms with Gasteiger partial charge in [-0.25, -0.2) is 0 Å². The van der Waals surface area contributed by atoms with Crippen LogP contribution in [0.3, 0.4) is 0 Å². The molecule has 0 bridgehead atoms. The summed E-state index contributed by atoms with van der Waals surface area (Å²) in [5.41, 5.74) is 4.88.